The van der Waals surface area contributed by atoms with Crippen LogP contribution in [0, 0.1) is 0 Å². The van der Waals surface area contributed by atoms with Gasteiger partial charge >= 0.3 is 0 Å². The van der Waals surface area contributed by atoms with Gasteiger partial charge in [0.05, 0.1) is 5.69 Å². The lowest BCUT2D eigenvalue weighted by Crippen LogP contribution is -2.33. The number of nitrogens with zero attached hydrogens (tertiary/aromatic N) is 2. The average molecular weight is 368 g/mol. The summed E-state index contributed by atoms with van der Waals surface area (Å²) in [6, 6.07) is 6.56. The van der Waals surface area contributed by atoms with Crippen LogP contribution >= 0.6 is 11.3 Å². The molecule has 0 radical (unpaired) electrons. The molecule has 2 aliphatic heterocycles. The van der Waals surface area contributed by atoms with Gasteiger partial charge in [0.2, 0.25) is 0 Å². The highest BCUT2D eigenvalue weighted by Crippen LogP contribution is 2.32. The first kappa shape index (κ1) is 16.0. The summed E-state index contributed by atoms with van der Waals surface area (Å²) in [6.07, 6.45) is 4.99. The maximum Gasteiger partial charge on any atom is 0.275 e. The molecule has 1 aliphatic carbocycles. The number of fused-ring (bicyclic) bond motifs is 1. The van der Waals surface area contributed by atoms with Gasteiger partial charge in [-0.2, -0.15) is 0 Å². The molecule has 3 aliphatic rings. The molecule has 0 bridgehead atoms. The van der Waals surface area contributed by atoms with Crippen molar-refractivity contribution in [3.63, 3.8) is 0 Å². The van der Waals surface area contributed by atoms with E-state index in [0.29, 0.717) is 17.3 Å². The zero-order valence-corrected chi connectivity index (χ0v) is 15.2. The van der Waals surface area contributed by atoms with Gasteiger partial charge in [0.15, 0.2) is 10.7 Å². The summed E-state index contributed by atoms with van der Waals surface area (Å²) in [4.78, 5) is 22.6. The highest BCUT2D eigenvalue weighted by molar-refractivity contribution is 7.14. The van der Waals surface area contributed by atoms with Crippen molar-refractivity contribution >= 4 is 28.1 Å². The van der Waals surface area contributed by atoms with Crippen LogP contribution in [0.2, 0.25) is 0 Å². The maximum absolute atomic E-state index is 12.5. The van der Waals surface area contributed by atoms with E-state index in [1.54, 1.807) is 0 Å². The van der Waals surface area contributed by atoms with Crippen molar-refractivity contribution in [2.24, 2.45) is 5.16 Å². The van der Waals surface area contributed by atoms with Crippen LogP contribution in [0.1, 0.15) is 30.4 Å². The van der Waals surface area contributed by atoms with Gasteiger partial charge in [0.25, 0.3) is 5.91 Å². The van der Waals surface area contributed by atoms with Gasteiger partial charge in [-0.25, -0.2) is 4.98 Å². The van der Waals surface area contributed by atoms with Crippen LogP contribution in [0.15, 0.2) is 28.7 Å². The number of hydrogen-bond acceptors (Lipinski definition) is 6. The molecule has 1 amide bonds. The molecule has 7 heteroatoms. The third-order valence-corrected chi connectivity index (χ3v) is 6.18. The van der Waals surface area contributed by atoms with Crippen molar-refractivity contribution < 1.29 is 9.63 Å². The first-order chi connectivity index (χ1) is 12.7. The van der Waals surface area contributed by atoms with Gasteiger partial charge in [0.1, 0.15) is 5.71 Å². The van der Waals surface area contributed by atoms with E-state index in [1.807, 2.05) is 5.38 Å². The fourth-order valence-electron chi connectivity index (χ4n) is 3.96. The van der Waals surface area contributed by atoms with E-state index in [2.05, 4.69) is 39.0 Å². The highest BCUT2D eigenvalue weighted by atomic mass is 32.1. The summed E-state index contributed by atoms with van der Waals surface area (Å²) >= 11 is 1.44. The largest absolute Gasteiger partial charge is 0.387 e. The number of carbonyl (C=O) groups excluding carboxylic acids is 1. The van der Waals surface area contributed by atoms with E-state index in [4.69, 9.17) is 4.84 Å². The molecule has 1 atom stereocenters. The number of nitrogens with one attached hydrogen (secondary N) is 2. The topological polar surface area (TPSA) is 75.6 Å². The lowest BCUT2D eigenvalue weighted by atomic mass is 9.96. The zero-order chi connectivity index (χ0) is 17.6. The van der Waals surface area contributed by atoms with Crippen molar-refractivity contribution in [3.8, 4) is 11.3 Å². The molecule has 0 saturated carbocycles. The normalized spacial score (nSPS) is 23.8. The molecule has 1 aromatic heterocycles. The summed E-state index contributed by atoms with van der Waals surface area (Å²) in [5.41, 5.74) is 5.01. The Hall–Kier alpha value is -2.25. The smallest absolute Gasteiger partial charge is 0.275 e. The van der Waals surface area contributed by atoms with Crippen LogP contribution in [0.25, 0.3) is 11.3 Å². The van der Waals surface area contributed by atoms with Crippen LogP contribution in [0.3, 0.4) is 0 Å². The Kier molecular flexibility index (Phi) is 3.79. The number of anilines is 1. The third-order valence-electron chi connectivity index (χ3n) is 5.42. The molecule has 1 saturated heterocycles. The number of rotatable bonds is 3. The molecule has 1 unspecified atom stereocenters. The van der Waals surface area contributed by atoms with Gasteiger partial charge in [-0.1, -0.05) is 17.3 Å². The standard InChI is InChI=1S/C19H20N4O2S/c24-17(15-9-19(25-23-15)6-7-20-11-19)22-18-21-16(10-26-18)14-5-4-12-2-1-3-13(12)8-14/h4-5,8,10,20H,1-3,6-7,9,11H2,(H,21,22,24). The van der Waals surface area contributed by atoms with E-state index in [1.165, 1.54) is 35.3 Å². The SMILES string of the molecule is O=C(Nc1nc(-c2ccc3c(c2)CCC3)cs1)C1=NOC2(CCNC2)C1. The van der Waals surface area contributed by atoms with E-state index < -0.39 is 0 Å². The second-order valence-corrected chi connectivity index (χ2v) is 8.10. The number of aromatic nitrogens is 1. The Balaban J connectivity index is 1.28. The minimum absolute atomic E-state index is 0.219. The molecule has 1 fully saturated rings. The summed E-state index contributed by atoms with van der Waals surface area (Å²) in [6.45, 7) is 1.65. The Bertz CT molecular complexity index is 899. The van der Waals surface area contributed by atoms with Crippen LogP contribution in [-0.2, 0) is 22.5 Å². The number of benzene rings is 1. The Labute approximate surface area is 155 Å². The summed E-state index contributed by atoms with van der Waals surface area (Å²) in [5, 5.41) is 12.7. The summed E-state index contributed by atoms with van der Waals surface area (Å²) < 4.78 is 0. The molecule has 2 aromatic rings. The molecular weight excluding hydrogens is 348 g/mol. The third kappa shape index (κ3) is 2.81. The average Bonchev–Trinajstić information content (AvgIpc) is 3.43. The summed E-state index contributed by atoms with van der Waals surface area (Å²) in [7, 11) is 0. The molecule has 1 aromatic carbocycles. The maximum atomic E-state index is 12.5. The number of carbonyl (C=O) groups is 1. The predicted octanol–water partition coefficient (Wildman–Crippen LogP) is 2.75. The van der Waals surface area contributed by atoms with Gasteiger partial charge in [0, 0.05) is 30.3 Å². The lowest BCUT2D eigenvalue weighted by molar-refractivity contribution is -0.110. The second-order valence-electron chi connectivity index (χ2n) is 7.24. The fraction of sp³-hybridized carbons (Fsp3) is 0.421. The number of oxime groups is 1. The second kappa shape index (κ2) is 6.17. The van der Waals surface area contributed by atoms with Gasteiger partial charge in [-0.15, -0.1) is 11.3 Å². The van der Waals surface area contributed by atoms with Crippen molar-refractivity contribution in [2.75, 3.05) is 18.4 Å². The van der Waals surface area contributed by atoms with Crippen LogP contribution < -0.4 is 10.6 Å². The van der Waals surface area contributed by atoms with Crippen LogP contribution in [0.5, 0.6) is 0 Å². The fourth-order valence-corrected chi connectivity index (χ4v) is 4.67. The first-order valence-corrected chi connectivity index (χ1v) is 9.94. The zero-order valence-electron chi connectivity index (χ0n) is 14.4. The predicted molar refractivity (Wildman–Crippen MR) is 102 cm³/mol. The molecule has 2 N–H and O–H groups in total. The number of thiazole rings is 1. The van der Waals surface area contributed by atoms with E-state index in [-0.39, 0.29) is 11.5 Å². The Morgan fingerprint density at radius 1 is 1.31 bits per heavy atom. The molecule has 1 spiro atoms. The number of amides is 1. The molecule has 3 heterocycles. The van der Waals surface area contributed by atoms with Crippen molar-refractivity contribution in [3.05, 3.63) is 34.7 Å². The summed E-state index contributed by atoms with van der Waals surface area (Å²) in [5.74, 6) is -0.219. The first-order valence-electron chi connectivity index (χ1n) is 9.06. The van der Waals surface area contributed by atoms with Crippen LogP contribution in [-0.4, -0.2) is 35.3 Å². The van der Waals surface area contributed by atoms with E-state index in [0.717, 1.165) is 37.2 Å². The molecular formula is C19H20N4O2S. The quantitative estimate of drug-likeness (QED) is 0.873. The monoisotopic (exact) mass is 368 g/mol. The molecule has 134 valence electrons. The molecule has 26 heavy (non-hydrogen) atoms. The van der Waals surface area contributed by atoms with Gasteiger partial charge in [-0.05, 0) is 43.0 Å². The van der Waals surface area contributed by atoms with E-state index >= 15 is 0 Å². The van der Waals surface area contributed by atoms with Gasteiger partial charge in [-0.3, -0.25) is 10.1 Å². The molecule has 6 nitrogen and oxygen atoms in total. The van der Waals surface area contributed by atoms with E-state index in [9.17, 15) is 4.79 Å². The number of aryl methyl sites for hydroxylation is 2. The number of hydrogen-bond donors (Lipinski definition) is 2. The van der Waals surface area contributed by atoms with Gasteiger partial charge < -0.3 is 10.2 Å². The Morgan fingerprint density at radius 3 is 3.12 bits per heavy atom. The highest BCUT2D eigenvalue weighted by Gasteiger charge is 2.43. The minimum atomic E-state index is -0.328. The van der Waals surface area contributed by atoms with Crippen LogP contribution in [0.4, 0.5) is 5.13 Å². The Morgan fingerprint density at radius 2 is 2.23 bits per heavy atom. The van der Waals surface area contributed by atoms with Crippen molar-refractivity contribution in [1.82, 2.24) is 10.3 Å². The minimum Gasteiger partial charge on any atom is -0.387 e. The van der Waals surface area contributed by atoms with Crippen molar-refractivity contribution in [1.29, 1.82) is 0 Å². The molecule has 5 rings (SSSR count). The lowest BCUT2D eigenvalue weighted by Gasteiger charge is -2.17. The van der Waals surface area contributed by atoms with Crippen molar-refractivity contribution in [2.45, 2.75) is 37.7 Å².